The SMILES string of the molecule is CCOC(=O)OCC(I)=C(Br)I.OCC(I)=C(I)I. The zero-order valence-corrected chi connectivity index (χ0v) is 21.9. The van der Waals surface area contributed by atoms with Crippen LogP contribution in [-0.4, -0.2) is 31.1 Å². The number of aliphatic hydroxyl groups excluding tert-OH is 1. The van der Waals surface area contributed by atoms with E-state index in [1.165, 1.54) is 0 Å². The number of halogens is 6. The van der Waals surface area contributed by atoms with Crippen LogP contribution >= 0.6 is 129 Å². The molecular weight excluding hydrogens is 887 g/mol. The minimum atomic E-state index is -0.628. The van der Waals surface area contributed by atoms with Crippen molar-refractivity contribution < 1.29 is 19.4 Å². The van der Waals surface area contributed by atoms with E-state index < -0.39 is 6.16 Å². The number of carbonyl (C=O) groups is 1. The predicted molar refractivity (Wildman–Crippen MR) is 123 cm³/mol. The number of carbonyl (C=O) groups excluding carboxylic acids is 1. The van der Waals surface area contributed by atoms with Crippen molar-refractivity contribution in [1.82, 2.24) is 0 Å². The number of rotatable bonds is 4. The molecule has 0 heterocycles. The molecule has 0 fully saturated rings. The zero-order valence-electron chi connectivity index (χ0n) is 9.56. The number of hydrogen-bond acceptors (Lipinski definition) is 4. The third-order valence-corrected chi connectivity index (χ3v) is 9.13. The van der Waals surface area contributed by atoms with Gasteiger partial charge in [0.05, 0.1) is 17.3 Å². The summed E-state index contributed by atoms with van der Waals surface area (Å²) >= 11 is 13.9. The quantitative estimate of drug-likeness (QED) is 0.277. The Morgan fingerprint density at radius 2 is 1.63 bits per heavy atom. The highest BCUT2D eigenvalue weighted by molar-refractivity contribution is 14.2. The van der Waals surface area contributed by atoms with Crippen LogP contribution in [0, 0.1) is 0 Å². The molecule has 0 aliphatic carbocycles. The van der Waals surface area contributed by atoms with Gasteiger partial charge in [0.15, 0.2) is 0 Å². The summed E-state index contributed by atoms with van der Waals surface area (Å²) < 4.78 is 13.3. The van der Waals surface area contributed by atoms with Crippen LogP contribution in [0.4, 0.5) is 4.79 Å². The maximum atomic E-state index is 10.7. The third kappa shape index (κ3) is 17.0. The maximum Gasteiger partial charge on any atom is 0.508 e. The van der Waals surface area contributed by atoms with Crippen molar-refractivity contribution >= 4 is 135 Å². The second kappa shape index (κ2) is 15.7. The number of hydrogen-bond donors (Lipinski definition) is 1. The average Bonchev–Trinajstić information content (AvgIpc) is 2.35. The highest BCUT2D eigenvalue weighted by Gasteiger charge is 2.04. The summed E-state index contributed by atoms with van der Waals surface area (Å²) in [7, 11) is 0. The van der Waals surface area contributed by atoms with Gasteiger partial charge in [-0.1, -0.05) is 0 Å². The summed E-state index contributed by atoms with van der Waals surface area (Å²) in [6.45, 7) is 2.49. The van der Waals surface area contributed by atoms with Gasteiger partial charge in [0, 0.05) is 7.16 Å². The summed E-state index contributed by atoms with van der Waals surface area (Å²) in [6.07, 6.45) is -0.628. The normalized spacial score (nSPS) is 10.7. The fourth-order valence-corrected chi connectivity index (χ4v) is 1.16. The molecule has 4 nitrogen and oxygen atoms in total. The number of ether oxygens (including phenoxy) is 2. The van der Waals surface area contributed by atoms with Gasteiger partial charge in [-0.3, -0.25) is 0 Å². The molecule has 0 aromatic rings. The first kappa shape index (κ1) is 24.1. The summed E-state index contributed by atoms with van der Waals surface area (Å²) in [5, 5.41) is 8.43. The summed E-state index contributed by atoms with van der Waals surface area (Å²) in [4.78, 5) is 10.7. The van der Waals surface area contributed by atoms with Crippen LogP contribution < -0.4 is 0 Å². The van der Waals surface area contributed by atoms with Crippen LogP contribution in [0.3, 0.4) is 0 Å². The van der Waals surface area contributed by atoms with Gasteiger partial charge >= 0.3 is 6.16 Å². The van der Waals surface area contributed by atoms with Gasteiger partial charge < -0.3 is 14.6 Å². The van der Waals surface area contributed by atoms with Crippen LogP contribution in [-0.2, 0) is 9.47 Å². The Balaban J connectivity index is 0. The van der Waals surface area contributed by atoms with Crippen molar-refractivity contribution in [3.8, 4) is 0 Å². The van der Waals surface area contributed by atoms with Crippen molar-refractivity contribution in [2.24, 2.45) is 0 Å². The Morgan fingerprint density at radius 1 is 1.11 bits per heavy atom. The van der Waals surface area contributed by atoms with Gasteiger partial charge in [-0.25, -0.2) is 4.79 Å². The van der Waals surface area contributed by atoms with Crippen molar-refractivity contribution in [2.45, 2.75) is 6.92 Å². The predicted octanol–water partition coefficient (Wildman–Crippen LogP) is 6.05. The van der Waals surface area contributed by atoms with Gasteiger partial charge in [0.2, 0.25) is 0 Å². The standard InChI is InChI=1S/C6H7BrI2O3.C3H3I3O/c1-2-11-6(10)12-3-4(8)5(7)9;4-2(1-7)3(5)6/h2-3H2,1H3;7H,1H2. The molecule has 19 heavy (non-hydrogen) atoms. The van der Waals surface area contributed by atoms with E-state index in [9.17, 15) is 4.79 Å². The van der Waals surface area contributed by atoms with E-state index in [1.807, 2.05) is 0 Å². The van der Waals surface area contributed by atoms with E-state index in [-0.39, 0.29) is 13.2 Å². The van der Waals surface area contributed by atoms with Gasteiger partial charge in [-0.05, 0) is 136 Å². The first-order valence-electron chi connectivity index (χ1n) is 4.55. The Kier molecular flexibility index (Phi) is 19.9. The molecule has 0 unspecified atom stereocenters. The Morgan fingerprint density at radius 3 is 1.89 bits per heavy atom. The maximum absolute atomic E-state index is 10.7. The van der Waals surface area contributed by atoms with E-state index in [0.29, 0.717) is 6.61 Å². The lowest BCUT2D eigenvalue weighted by Gasteiger charge is -2.03. The lowest BCUT2D eigenvalue weighted by molar-refractivity contribution is 0.0671. The van der Waals surface area contributed by atoms with E-state index in [0.717, 1.165) is 11.2 Å². The van der Waals surface area contributed by atoms with E-state index >= 15 is 0 Å². The molecule has 0 aliphatic rings. The van der Waals surface area contributed by atoms with Crippen molar-refractivity contribution in [2.75, 3.05) is 19.8 Å². The molecule has 0 saturated carbocycles. The second-order valence-electron chi connectivity index (χ2n) is 2.46. The average molecular weight is 897 g/mol. The highest BCUT2D eigenvalue weighted by Crippen LogP contribution is 2.25. The molecule has 1 N–H and O–H groups in total. The molecule has 0 bridgehead atoms. The summed E-state index contributed by atoms with van der Waals surface area (Å²) in [5.41, 5.74) is 0. The van der Waals surface area contributed by atoms with Gasteiger partial charge in [-0.2, -0.15) is 0 Å². The number of aliphatic hydroxyl groups is 1. The van der Waals surface area contributed by atoms with E-state index in [1.54, 1.807) is 6.92 Å². The lowest BCUT2D eigenvalue weighted by atomic mass is 10.7. The molecule has 0 spiro atoms. The minimum Gasteiger partial charge on any atom is -0.435 e. The molecule has 0 amide bonds. The van der Waals surface area contributed by atoms with E-state index in [2.05, 4.69) is 134 Å². The topological polar surface area (TPSA) is 55.8 Å². The molecule has 10 heteroatoms. The molecular formula is C9H10BrI5O4. The summed E-state index contributed by atoms with van der Waals surface area (Å²) in [5.74, 6) is 0. The Labute approximate surface area is 189 Å². The Hall–Kier alpha value is 2.84. The Bertz CT molecular complexity index is 338. The second-order valence-corrected chi connectivity index (χ2v) is 12.6. The fourth-order valence-electron chi connectivity index (χ4n) is 0.396. The largest absolute Gasteiger partial charge is 0.508 e. The molecule has 112 valence electrons. The van der Waals surface area contributed by atoms with Gasteiger partial charge in [-0.15, -0.1) is 0 Å². The van der Waals surface area contributed by atoms with Crippen LogP contribution in [0.1, 0.15) is 6.92 Å². The zero-order chi connectivity index (χ0) is 15.4. The van der Waals surface area contributed by atoms with Gasteiger partial charge in [0.25, 0.3) is 0 Å². The van der Waals surface area contributed by atoms with Crippen molar-refractivity contribution in [3.05, 3.63) is 11.2 Å². The molecule has 0 aliphatic heterocycles. The van der Waals surface area contributed by atoms with Gasteiger partial charge in [0.1, 0.15) is 6.61 Å². The minimum absolute atomic E-state index is 0.168. The first-order valence-corrected chi connectivity index (χ1v) is 10.7. The smallest absolute Gasteiger partial charge is 0.435 e. The first-order chi connectivity index (χ1) is 8.76. The molecule has 0 aromatic carbocycles. The molecule has 0 rings (SSSR count). The van der Waals surface area contributed by atoms with Crippen LogP contribution in [0.5, 0.6) is 0 Å². The van der Waals surface area contributed by atoms with Crippen LogP contribution in [0.25, 0.3) is 0 Å². The highest BCUT2D eigenvalue weighted by atomic mass is 127. The van der Waals surface area contributed by atoms with E-state index in [4.69, 9.17) is 9.84 Å². The van der Waals surface area contributed by atoms with Crippen molar-refractivity contribution in [3.63, 3.8) is 0 Å². The molecule has 0 atom stereocenters. The summed E-state index contributed by atoms with van der Waals surface area (Å²) in [6, 6.07) is 0. The van der Waals surface area contributed by atoms with Crippen LogP contribution in [0.2, 0.25) is 0 Å². The lowest BCUT2D eigenvalue weighted by Crippen LogP contribution is -2.07. The molecule has 0 saturated heterocycles. The van der Waals surface area contributed by atoms with Crippen LogP contribution in [0.15, 0.2) is 11.2 Å². The van der Waals surface area contributed by atoms with Crippen molar-refractivity contribution in [1.29, 1.82) is 0 Å². The monoisotopic (exact) mass is 895 g/mol. The molecule has 0 aromatic heterocycles. The third-order valence-electron chi connectivity index (χ3n) is 1.13. The fraction of sp³-hybridized carbons (Fsp3) is 0.444. The molecule has 0 radical (unpaired) electrons.